The van der Waals surface area contributed by atoms with Crippen molar-refractivity contribution in [1.29, 1.82) is 0 Å². The number of hydrogen-bond donors (Lipinski definition) is 1. The average molecular weight is 278 g/mol. The topological polar surface area (TPSA) is 55.4 Å². The van der Waals surface area contributed by atoms with Crippen molar-refractivity contribution in [3.05, 3.63) is 0 Å². The summed E-state index contributed by atoms with van der Waals surface area (Å²) >= 11 is 11.4. The van der Waals surface area contributed by atoms with Crippen LogP contribution in [0.5, 0.6) is 0 Å². The van der Waals surface area contributed by atoms with E-state index < -0.39 is 15.6 Å². The number of sulfonamides is 1. The van der Waals surface area contributed by atoms with Crippen LogP contribution in [0.2, 0.25) is 0 Å². The van der Waals surface area contributed by atoms with E-state index >= 15 is 0 Å². The first kappa shape index (κ1) is 15.4. The second-order valence-corrected chi connectivity index (χ2v) is 5.69. The zero-order valence-electron chi connectivity index (χ0n) is 8.92. The van der Waals surface area contributed by atoms with E-state index in [0.717, 1.165) is 0 Å². The van der Waals surface area contributed by atoms with Gasteiger partial charge in [0.15, 0.2) is 0 Å². The van der Waals surface area contributed by atoms with Gasteiger partial charge in [-0.1, -0.05) is 6.92 Å². The van der Waals surface area contributed by atoms with Gasteiger partial charge in [-0.15, -0.1) is 23.2 Å². The summed E-state index contributed by atoms with van der Waals surface area (Å²) in [6.45, 7) is 1.99. The maximum atomic E-state index is 11.6. The van der Waals surface area contributed by atoms with Crippen molar-refractivity contribution in [3.63, 3.8) is 0 Å². The fourth-order valence-corrected chi connectivity index (χ4v) is 3.32. The fraction of sp³-hybridized carbons (Fsp3) is 1.00. The van der Waals surface area contributed by atoms with E-state index in [1.807, 2.05) is 6.92 Å². The molecule has 0 aromatic rings. The van der Waals surface area contributed by atoms with Crippen LogP contribution in [0.1, 0.15) is 13.3 Å². The number of nitrogens with one attached hydrogen (secondary N) is 1. The van der Waals surface area contributed by atoms with Crippen LogP contribution in [0.3, 0.4) is 0 Å². The molecule has 0 amide bonds. The van der Waals surface area contributed by atoms with Crippen molar-refractivity contribution in [2.24, 2.45) is 0 Å². The molecule has 15 heavy (non-hydrogen) atoms. The second kappa shape index (κ2) is 6.91. The molecule has 0 aromatic heterocycles. The highest BCUT2D eigenvalue weighted by Gasteiger charge is 2.31. The number of methoxy groups -OCH3 is 1. The Hall–Kier alpha value is 0.450. The van der Waals surface area contributed by atoms with Crippen LogP contribution in [-0.4, -0.2) is 45.2 Å². The molecule has 0 spiro atoms. The van der Waals surface area contributed by atoms with Crippen LogP contribution in [0.15, 0.2) is 0 Å². The normalized spacial score (nSPS) is 13.1. The third kappa shape index (κ3) is 5.36. The van der Waals surface area contributed by atoms with Crippen LogP contribution < -0.4 is 4.72 Å². The minimum absolute atomic E-state index is 0.0843. The highest BCUT2D eigenvalue weighted by molar-refractivity contribution is 7.89. The van der Waals surface area contributed by atoms with Gasteiger partial charge in [0.1, 0.15) is 0 Å². The predicted octanol–water partition coefficient (Wildman–Crippen LogP) is 1.18. The number of ether oxygens (including phenoxy) is 1. The Labute approximate surface area is 101 Å². The van der Waals surface area contributed by atoms with Crippen molar-refractivity contribution >= 4 is 33.2 Å². The van der Waals surface area contributed by atoms with Gasteiger partial charge in [-0.25, -0.2) is 13.1 Å². The monoisotopic (exact) mass is 277 g/mol. The predicted molar refractivity (Wildman–Crippen MR) is 63.3 cm³/mol. The van der Waals surface area contributed by atoms with Crippen LogP contribution >= 0.6 is 23.2 Å². The molecule has 0 heterocycles. The molecule has 4 nitrogen and oxygen atoms in total. The van der Waals surface area contributed by atoms with Gasteiger partial charge in [0.05, 0.1) is 17.9 Å². The molecule has 0 rings (SSSR count). The van der Waals surface area contributed by atoms with E-state index in [1.54, 1.807) is 0 Å². The van der Waals surface area contributed by atoms with E-state index in [4.69, 9.17) is 27.9 Å². The molecule has 0 unspecified atom stereocenters. The lowest BCUT2D eigenvalue weighted by Gasteiger charge is -2.28. The maximum Gasteiger partial charge on any atom is 0.214 e. The van der Waals surface area contributed by atoms with Crippen LogP contribution in [0.25, 0.3) is 0 Å². The molecular formula is C8H17Cl2NO3S. The van der Waals surface area contributed by atoms with Gasteiger partial charge in [0.2, 0.25) is 10.0 Å². The van der Waals surface area contributed by atoms with Crippen molar-refractivity contribution in [2.75, 3.05) is 31.2 Å². The van der Waals surface area contributed by atoms with Gasteiger partial charge < -0.3 is 4.74 Å². The molecule has 0 saturated heterocycles. The first-order chi connectivity index (χ1) is 6.95. The minimum atomic E-state index is -3.38. The summed E-state index contributed by atoms with van der Waals surface area (Å²) in [7, 11) is -1.93. The van der Waals surface area contributed by atoms with E-state index in [-0.39, 0.29) is 24.1 Å². The molecule has 0 aliphatic carbocycles. The molecule has 0 fully saturated rings. The van der Waals surface area contributed by atoms with E-state index in [2.05, 4.69) is 4.72 Å². The number of alkyl halides is 2. The van der Waals surface area contributed by atoms with Gasteiger partial charge in [0, 0.05) is 18.9 Å². The van der Waals surface area contributed by atoms with Gasteiger partial charge in [-0.3, -0.25) is 0 Å². The van der Waals surface area contributed by atoms with Crippen molar-refractivity contribution in [2.45, 2.75) is 18.9 Å². The Balaban J connectivity index is 4.52. The summed E-state index contributed by atoms with van der Waals surface area (Å²) < 4.78 is 30.4. The Bertz CT molecular complexity index is 257. The Morgan fingerprint density at radius 3 is 2.20 bits per heavy atom. The van der Waals surface area contributed by atoms with Crippen LogP contribution in [0.4, 0.5) is 0 Å². The Morgan fingerprint density at radius 1 is 1.33 bits per heavy atom. The smallest absolute Gasteiger partial charge is 0.214 e. The molecule has 0 aliphatic rings. The number of hydrogen-bond acceptors (Lipinski definition) is 3. The Morgan fingerprint density at radius 2 is 1.87 bits per heavy atom. The van der Waals surface area contributed by atoms with E-state index in [1.165, 1.54) is 7.11 Å². The maximum absolute atomic E-state index is 11.6. The summed E-state index contributed by atoms with van der Waals surface area (Å²) in [6.07, 6.45) is 0.548. The van der Waals surface area contributed by atoms with Crippen molar-refractivity contribution < 1.29 is 13.2 Å². The minimum Gasteiger partial charge on any atom is -0.384 e. The first-order valence-electron chi connectivity index (χ1n) is 4.58. The molecule has 7 heteroatoms. The summed E-state index contributed by atoms with van der Waals surface area (Å²) in [5.74, 6) is 0.220. The molecule has 0 atom stereocenters. The third-order valence-electron chi connectivity index (χ3n) is 2.12. The zero-order valence-corrected chi connectivity index (χ0v) is 11.3. The van der Waals surface area contributed by atoms with Gasteiger partial charge in [-0.2, -0.15) is 0 Å². The molecule has 0 aromatic carbocycles. The molecule has 92 valence electrons. The zero-order chi connectivity index (χ0) is 11.9. The summed E-state index contributed by atoms with van der Waals surface area (Å²) in [4.78, 5) is 0. The largest absolute Gasteiger partial charge is 0.384 e. The van der Waals surface area contributed by atoms with Crippen molar-refractivity contribution in [1.82, 2.24) is 4.72 Å². The highest BCUT2D eigenvalue weighted by Crippen LogP contribution is 2.16. The molecule has 0 bridgehead atoms. The molecular weight excluding hydrogens is 261 g/mol. The first-order valence-corrected chi connectivity index (χ1v) is 7.30. The van der Waals surface area contributed by atoms with E-state index in [9.17, 15) is 8.42 Å². The summed E-state index contributed by atoms with van der Waals surface area (Å²) in [5.41, 5.74) is -0.754. The lowest BCUT2D eigenvalue weighted by Crippen LogP contribution is -2.52. The standard InChI is InChI=1S/C8H17Cl2NO3S/c1-3-8(6-9,7-10)11-15(12,13)5-4-14-2/h11H,3-7H2,1-2H3. The fourth-order valence-electron chi connectivity index (χ4n) is 0.925. The molecule has 0 aliphatic heterocycles. The number of rotatable bonds is 8. The molecule has 0 saturated carbocycles. The van der Waals surface area contributed by atoms with Crippen LogP contribution in [0, 0.1) is 0 Å². The average Bonchev–Trinajstić information content (AvgIpc) is 2.23. The lowest BCUT2D eigenvalue weighted by atomic mass is 10.0. The molecule has 0 radical (unpaired) electrons. The third-order valence-corrected chi connectivity index (χ3v) is 4.59. The number of halogens is 2. The van der Waals surface area contributed by atoms with Crippen molar-refractivity contribution in [3.8, 4) is 0 Å². The lowest BCUT2D eigenvalue weighted by molar-refractivity contribution is 0.216. The SMILES string of the molecule is CCC(CCl)(CCl)NS(=O)(=O)CCOC. The van der Waals surface area contributed by atoms with Gasteiger partial charge >= 0.3 is 0 Å². The molecule has 1 N–H and O–H groups in total. The Kier molecular flexibility index (Phi) is 7.12. The second-order valence-electron chi connectivity index (χ2n) is 3.31. The van der Waals surface area contributed by atoms with E-state index in [0.29, 0.717) is 6.42 Å². The van der Waals surface area contributed by atoms with Crippen LogP contribution in [-0.2, 0) is 14.8 Å². The summed E-state index contributed by atoms with van der Waals surface area (Å²) in [6, 6.07) is 0. The van der Waals surface area contributed by atoms with Gasteiger partial charge in [0.25, 0.3) is 0 Å². The van der Waals surface area contributed by atoms with Gasteiger partial charge in [-0.05, 0) is 6.42 Å². The highest BCUT2D eigenvalue weighted by atomic mass is 35.5. The summed E-state index contributed by atoms with van der Waals surface area (Å²) in [5, 5.41) is 0. The quantitative estimate of drug-likeness (QED) is 0.678.